The summed E-state index contributed by atoms with van der Waals surface area (Å²) in [6.07, 6.45) is 5.41. The molecule has 1 rings (SSSR count). The molecule has 0 aliphatic carbocycles. The van der Waals surface area contributed by atoms with Gasteiger partial charge < -0.3 is 10.6 Å². The van der Waals surface area contributed by atoms with Gasteiger partial charge in [-0.15, -0.1) is 11.3 Å². The van der Waals surface area contributed by atoms with Gasteiger partial charge in [-0.1, -0.05) is 13.2 Å². The Hall–Kier alpha value is -2.14. The van der Waals surface area contributed by atoms with E-state index in [0.717, 1.165) is 27.0 Å². The average Bonchev–Trinajstić information content (AvgIpc) is 2.73. The quantitative estimate of drug-likeness (QED) is 0.598. The molecule has 1 aromatic heterocycles. The van der Waals surface area contributed by atoms with Crippen LogP contribution in [0.4, 0.5) is 0 Å². The summed E-state index contributed by atoms with van der Waals surface area (Å²) in [5.41, 5.74) is 3.24. The molecule has 0 spiro atoms. The predicted molar refractivity (Wildman–Crippen MR) is 88.7 cm³/mol. The number of aromatic nitrogens is 1. The maximum absolute atomic E-state index is 4.40. The summed E-state index contributed by atoms with van der Waals surface area (Å²) in [5.74, 6) is 0. The molecule has 0 saturated carbocycles. The molecule has 0 amide bonds. The summed E-state index contributed by atoms with van der Waals surface area (Å²) >= 11 is 1.62. The number of hydrogen-bond donors (Lipinski definition) is 2. The van der Waals surface area contributed by atoms with Crippen molar-refractivity contribution in [3.8, 4) is 0 Å². The van der Waals surface area contributed by atoms with Crippen molar-refractivity contribution in [3.63, 3.8) is 0 Å². The molecule has 1 aromatic rings. The van der Waals surface area contributed by atoms with Crippen LogP contribution in [0.2, 0.25) is 0 Å². The number of likely N-dealkylation sites (N-methyl/N-ethyl adjacent to an activating group) is 1. The van der Waals surface area contributed by atoms with Crippen LogP contribution >= 0.6 is 11.3 Å². The molecule has 0 aliphatic heterocycles. The third kappa shape index (κ3) is 4.20. The Morgan fingerprint density at radius 1 is 1.40 bits per heavy atom. The summed E-state index contributed by atoms with van der Waals surface area (Å²) < 4.78 is 0. The molecule has 1 heterocycles. The Bertz CT molecular complexity index is 579. The van der Waals surface area contributed by atoms with Crippen LogP contribution in [0, 0.1) is 13.8 Å². The van der Waals surface area contributed by atoms with E-state index < -0.39 is 0 Å². The second kappa shape index (κ2) is 7.45. The molecule has 0 saturated heterocycles. The Morgan fingerprint density at radius 3 is 2.55 bits per heavy atom. The number of nitrogens with one attached hydrogen (secondary N) is 2. The van der Waals surface area contributed by atoms with Gasteiger partial charge in [-0.2, -0.15) is 0 Å². The van der Waals surface area contributed by atoms with E-state index >= 15 is 0 Å². The van der Waals surface area contributed by atoms with Gasteiger partial charge >= 0.3 is 0 Å². The molecule has 0 radical (unpaired) electrons. The van der Waals surface area contributed by atoms with Crippen molar-refractivity contribution >= 4 is 24.1 Å². The lowest BCUT2D eigenvalue weighted by Gasteiger charge is -2.09. The van der Waals surface area contributed by atoms with E-state index in [2.05, 4.69) is 40.5 Å². The molecular formula is C15H20N4S. The van der Waals surface area contributed by atoms with Crippen molar-refractivity contribution in [2.75, 3.05) is 7.05 Å². The zero-order valence-electron chi connectivity index (χ0n) is 12.2. The monoisotopic (exact) mass is 288 g/mol. The van der Waals surface area contributed by atoms with Crippen LogP contribution in [0.1, 0.15) is 15.6 Å². The van der Waals surface area contributed by atoms with Gasteiger partial charge in [0.2, 0.25) is 0 Å². The van der Waals surface area contributed by atoms with Gasteiger partial charge in [0, 0.05) is 12.7 Å². The lowest BCUT2D eigenvalue weighted by molar-refractivity contribution is 1.00. The topological polar surface area (TPSA) is 49.3 Å². The van der Waals surface area contributed by atoms with Crippen molar-refractivity contribution in [3.05, 3.63) is 58.1 Å². The van der Waals surface area contributed by atoms with E-state index in [9.17, 15) is 0 Å². The highest BCUT2D eigenvalue weighted by Gasteiger charge is 2.07. The first-order valence-corrected chi connectivity index (χ1v) is 6.92. The fraction of sp³-hybridized carbons (Fsp3) is 0.200. The molecule has 0 unspecified atom stereocenters. The number of allylic oxidation sites excluding steroid dienone is 1. The largest absolute Gasteiger partial charge is 0.389 e. The fourth-order valence-corrected chi connectivity index (χ4v) is 2.42. The first-order chi connectivity index (χ1) is 9.51. The Morgan fingerprint density at radius 2 is 2.10 bits per heavy atom. The molecule has 2 N–H and O–H groups in total. The third-order valence-corrected chi connectivity index (χ3v) is 3.57. The number of hydrogen-bond acceptors (Lipinski definition) is 5. The van der Waals surface area contributed by atoms with Crippen LogP contribution in [0.3, 0.4) is 0 Å². The molecule has 0 fully saturated rings. The third-order valence-electron chi connectivity index (χ3n) is 2.55. The summed E-state index contributed by atoms with van der Waals surface area (Å²) in [6.45, 7) is 15.2. The molecule has 4 nitrogen and oxygen atoms in total. The Kier molecular flexibility index (Phi) is 5.93. The Labute approximate surface area is 124 Å². The molecule has 5 heteroatoms. The molecule has 0 bridgehead atoms. The number of nitrogens with zero attached hydrogens (tertiary/aromatic N) is 2. The van der Waals surface area contributed by atoms with Crippen molar-refractivity contribution < 1.29 is 0 Å². The molecule has 20 heavy (non-hydrogen) atoms. The highest BCUT2D eigenvalue weighted by Crippen LogP contribution is 2.23. The second-order valence-electron chi connectivity index (χ2n) is 4.05. The van der Waals surface area contributed by atoms with Crippen molar-refractivity contribution in [1.29, 1.82) is 0 Å². The number of rotatable bonds is 7. The summed E-state index contributed by atoms with van der Waals surface area (Å²) in [4.78, 5) is 9.55. The molecule has 0 aromatic carbocycles. The maximum Gasteiger partial charge on any atom is 0.0903 e. The maximum atomic E-state index is 4.40. The predicted octanol–water partition coefficient (Wildman–Crippen LogP) is 3.15. The Balaban J connectivity index is 3.23. The first-order valence-electron chi connectivity index (χ1n) is 6.10. The minimum Gasteiger partial charge on any atom is -0.389 e. The lowest BCUT2D eigenvalue weighted by Crippen LogP contribution is -2.10. The van der Waals surface area contributed by atoms with Crippen LogP contribution in [-0.4, -0.2) is 18.7 Å². The number of aryl methyl sites for hydroxylation is 2. The molecule has 106 valence electrons. The van der Waals surface area contributed by atoms with Crippen LogP contribution in [0.5, 0.6) is 0 Å². The summed E-state index contributed by atoms with van der Waals surface area (Å²) in [5, 5.41) is 7.05. The minimum atomic E-state index is 0.716. The zero-order chi connectivity index (χ0) is 15.1. The summed E-state index contributed by atoms with van der Waals surface area (Å²) in [7, 11) is 1.81. The first kappa shape index (κ1) is 15.9. The highest BCUT2D eigenvalue weighted by molar-refractivity contribution is 7.12. The molecule has 0 atom stereocenters. The normalized spacial score (nSPS) is 11.9. The van der Waals surface area contributed by atoms with Crippen LogP contribution in [-0.2, 0) is 0 Å². The van der Waals surface area contributed by atoms with E-state index in [1.807, 2.05) is 33.0 Å². The average molecular weight is 288 g/mol. The van der Waals surface area contributed by atoms with Crippen LogP contribution < -0.4 is 10.6 Å². The van der Waals surface area contributed by atoms with E-state index in [4.69, 9.17) is 0 Å². The minimum absolute atomic E-state index is 0.716. The van der Waals surface area contributed by atoms with E-state index in [0.29, 0.717) is 5.70 Å². The standard InChI is InChI=1S/C15H20N4S/c1-7-18-14(8-10(2)16-5)13(17-6)9-15-11(3)19-12(4)20-15/h7-9,16,18H,1-2,6H2,3-5H3/b13-9-,14-8-. The van der Waals surface area contributed by atoms with Crippen LogP contribution in [0.15, 0.2) is 47.5 Å². The highest BCUT2D eigenvalue weighted by atomic mass is 32.1. The number of aliphatic imine (C=N–C) groups is 1. The fourth-order valence-electron chi connectivity index (χ4n) is 1.56. The number of thiazole rings is 1. The van der Waals surface area contributed by atoms with Crippen molar-refractivity contribution in [2.24, 2.45) is 4.99 Å². The lowest BCUT2D eigenvalue weighted by atomic mass is 10.2. The van der Waals surface area contributed by atoms with Gasteiger partial charge in [-0.3, -0.25) is 4.99 Å². The SMILES string of the molecule is C=CNC(=C\C(=C)NC)/C(=C/c1sc(C)nc1C)N=C. The van der Waals surface area contributed by atoms with Gasteiger partial charge in [0.15, 0.2) is 0 Å². The van der Waals surface area contributed by atoms with E-state index in [1.165, 1.54) is 0 Å². The van der Waals surface area contributed by atoms with Gasteiger partial charge in [-0.05, 0) is 38.9 Å². The van der Waals surface area contributed by atoms with E-state index in [-0.39, 0.29) is 0 Å². The molecule has 0 aliphatic rings. The van der Waals surface area contributed by atoms with E-state index in [1.54, 1.807) is 17.5 Å². The van der Waals surface area contributed by atoms with Crippen molar-refractivity contribution in [1.82, 2.24) is 15.6 Å². The van der Waals surface area contributed by atoms with Crippen molar-refractivity contribution in [2.45, 2.75) is 13.8 Å². The second-order valence-corrected chi connectivity index (χ2v) is 5.29. The van der Waals surface area contributed by atoms with Gasteiger partial charge in [0.05, 0.1) is 27.0 Å². The van der Waals surface area contributed by atoms with Gasteiger partial charge in [0.25, 0.3) is 0 Å². The van der Waals surface area contributed by atoms with Gasteiger partial charge in [-0.25, -0.2) is 4.98 Å². The van der Waals surface area contributed by atoms with Crippen LogP contribution in [0.25, 0.3) is 6.08 Å². The van der Waals surface area contributed by atoms with Gasteiger partial charge in [0.1, 0.15) is 0 Å². The molecular weight excluding hydrogens is 268 g/mol. The summed E-state index contributed by atoms with van der Waals surface area (Å²) in [6, 6.07) is 0. The smallest absolute Gasteiger partial charge is 0.0903 e. The zero-order valence-corrected chi connectivity index (χ0v) is 13.0.